The molecule has 5 rings (SSSR count). The molecule has 0 radical (unpaired) electrons. The van der Waals surface area contributed by atoms with Crippen LogP contribution in [-0.2, 0) is 0 Å². The Morgan fingerprint density at radius 1 is 1.18 bits per heavy atom. The van der Waals surface area contributed by atoms with Crippen molar-refractivity contribution < 1.29 is 4.42 Å². The predicted molar refractivity (Wildman–Crippen MR) is 66.3 cm³/mol. The number of nitrogens with zero attached hydrogens (tertiary/aromatic N) is 2. The van der Waals surface area contributed by atoms with E-state index < -0.39 is 0 Å². The fourth-order valence-electron chi connectivity index (χ4n) is 2.87. The highest BCUT2D eigenvalue weighted by Gasteiger charge is 2.30. The van der Waals surface area contributed by atoms with Gasteiger partial charge in [-0.25, -0.2) is 4.98 Å². The number of allylic oxidation sites excluding steroid dienone is 1. The Morgan fingerprint density at radius 2 is 2.00 bits per heavy atom. The van der Waals surface area contributed by atoms with E-state index in [0.717, 1.165) is 17.0 Å². The van der Waals surface area contributed by atoms with Gasteiger partial charge in [-0.05, 0) is 30.9 Å². The lowest BCUT2D eigenvalue weighted by atomic mass is 9.86. The molecule has 0 atom stereocenters. The summed E-state index contributed by atoms with van der Waals surface area (Å²) in [5.41, 5.74) is 3.14. The third kappa shape index (κ3) is 1.38. The van der Waals surface area contributed by atoms with Crippen LogP contribution >= 0.6 is 0 Å². The fourth-order valence-corrected chi connectivity index (χ4v) is 2.87. The lowest BCUT2D eigenvalue weighted by Gasteiger charge is -2.37. The molecular weight excluding hydrogens is 212 g/mol. The maximum atomic E-state index is 5.85. The minimum Gasteiger partial charge on any atom is -0.436 e. The zero-order chi connectivity index (χ0) is 11.2. The van der Waals surface area contributed by atoms with Gasteiger partial charge in [0.1, 0.15) is 5.52 Å². The van der Waals surface area contributed by atoms with E-state index in [2.05, 4.69) is 16.1 Å². The Balaban J connectivity index is 1.84. The molecule has 0 saturated carbocycles. The largest absolute Gasteiger partial charge is 0.436 e. The quantitative estimate of drug-likeness (QED) is 0.748. The summed E-state index contributed by atoms with van der Waals surface area (Å²) in [6, 6.07) is 7.97. The molecule has 3 aliphatic heterocycles. The van der Waals surface area contributed by atoms with Crippen molar-refractivity contribution >= 4 is 16.7 Å². The molecule has 0 aliphatic carbocycles. The van der Waals surface area contributed by atoms with Crippen LogP contribution in [0.2, 0.25) is 0 Å². The summed E-state index contributed by atoms with van der Waals surface area (Å²) in [7, 11) is 0. The maximum Gasteiger partial charge on any atom is 0.224 e. The number of aromatic nitrogens is 1. The van der Waals surface area contributed by atoms with Gasteiger partial charge in [0.15, 0.2) is 5.58 Å². The van der Waals surface area contributed by atoms with E-state index in [4.69, 9.17) is 4.42 Å². The van der Waals surface area contributed by atoms with Gasteiger partial charge in [0, 0.05) is 24.9 Å². The van der Waals surface area contributed by atoms with Crippen LogP contribution in [0, 0.1) is 5.92 Å². The van der Waals surface area contributed by atoms with Crippen LogP contribution in [0.25, 0.3) is 16.7 Å². The van der Waals surface area contributed by atoms with Crippen LogP contribution in [0.3, 0.4) is 0 Å². The molecule has 0 unspecified atom stereocenters. The minimum absolute atomic E-state index is 0.646. The van der Waals surface area contributed by atoms with Crippen molar-refractivity contribution in [3.63, 3.8) is 0 Å². The summed E-state index contributed by atoms with van der Waals surface area (Å²) in [4.78, 5) is 6.97. The predicted octanol–water partition coefficient (Wildman–Crippen LogP) is 2.89. The van der Waals surface area contributed by atoms with Crippen LogP contribution in [0.1, 0.15) is 18.7 Å². The lowest BCUT2D eigenvalue weighted by Crippen LogP contribution is -2.35. The summed E-state index contributed by atoms with van der Waals surface area (Å²) < 4.78 is 5.85. The first-order valence-corrected chi connectivity index (χ1v) is 6.22. The molecule has 0 spiro atoms. The van der Waals surface area contributed by atoms with Crippen molar-refractivity contribution in [2.75, 3.05) is 13.1 Å². The summed E-state index contributed by atoms with van der Waals surface area (Å²) in [6.07, 6.45) is 4.72. The average molecular weight is 226 g/mol. The molecule has 1 aromatic heterocycles. The molecular formula is C14H14N2O. The molecule has 4 heterocycles. The Labute approximate surface area is 99.7 Å². The molecule has 1 saturated heterocycles. The number of piperidine rings is 1. The van der Waals surface area contributed by atoms with Crippen LogP contribution in [0.5, 0.6) is 0 Å². The highest BCUT2D eigenvalue weighted by molar-refractivity contribution is 5.76. The Morgan fingerprint density at radius 3 is 2.71 bits per heavy atom. The zero-order valence-electron chi connectivity index (χ0n) is 9.60. The van der Waals surface area contributed by atoms with E-state index >= 15 is 0 Å². The number of hydrogen-bond acceptors (Lipinski definition) is 3. The number of hydrogen-bond donors (Lipinski definition) is 0. The minimum atomic E-state index is 0.646. The first-order valence-electron chi connectivity index (χ1n) is 6.22. The molecule has 3 heteroatoms. The molecule has 3 aliphatic rings. The van der Waals surface area contributed by atoms with E-state index in [-0.39, 0.29) is 0 Å². The van der Waals surface area contributed by atoms with Crippen molar-refractivity contribution in [2.24, 2.45) is 5.92 Å². The summed E-state index contributed by atoms with van der Waals surface area (Å²) in [6.45, 7) is 2.38. The highest BCUT2D eigenvalue weighted by Crippen LogP contribution is 2.37. The molecule has 1 fully saturated rings. The first-order chi connectivity index (χ1) is 8.40. The molecule has 2 aromatic rings. The summed E-state index contributed by atoms with van der Waals surface area (Å²) >= 11 is 0. The van der Waals surface area contributed by atoms with Crippen molar-refractivity contribution in [3.8, 4) is 0 Å². The molecule has 17 heavy (non-hydrogen) atoms. The average Bonchev–Trinajstić information content (AvgIpc) is 2.83. The number of rotatable bonds is 1. The van der Waals surface area contributed by atoms with Crippen LogP contribution in [-0.4, -0.2) is 23.0 Å². The van der Waals surface area contributed by atoms with Gasteiger partial charge in [0.25, 0.3) is 0 Å². The summed E-state index contributed by atoms with van der Waals surface area (Å²) in [5, 5.41) is 0. The van der Waals surface area contributed by atoms with E-state index in [1.54, 1.807) is 0 Å². The monoisotopic (exact) mass is 226 g/mol. The number of fused-ring (bicyclic) bond motifs is 3. The SMILES string of the molecule is C1=C(c2nc3ccccc3o2)C2CCN1CC2. The van der Waals surface area contributed by atoms with Crippen molar-refractivity contribution in [1.82, 2.24) is 9.88 Å². The third-order valence-corrected chi connectivity index (χ3v) is 3.83. The third-order valence-electron chi connectivity index (χ3n) is 3.83. The van der Waals surface area contributed by atoms with Gasteiger partial charge in [-0.3, -0.25) is 0 Å². The van der Waals surface area contributed by atoms with Gasteiger partial charge in [-0.2, -0.15) is 0 Å². The van der Waals surface area contributed by atoms with Gasteiger partial charge in [-0.15, -0.1) is 0 Å². The van der Waals surface area contributed by atoms with Crippen molar-refractivity contribution in [3.05, 3.63) is 36.4 Å². The zero-order valence-corrected chi connectivity index (χ0v) is 9.60. The number of para-hydroxylation sites is 2. The second-order valence-electron chi connectivity index (χ2n) is 4.88. The van der Waals surface area contributed by atoms with E-state index in [1.807, 2.05) is 24.3 Å². The Kier molecular flexibility index (Phi) is 1.83. The van der Waals surface area contributed by atoms with Crippen molar-refractivity contribution in [2.45, 2.75) is 12.8 Å². The van der Waals surface area contributed by atoms with Gasteiger partial charge >= 0.3 is 0 Å². The smallest absolute Gasteiger partial charge is 0.224 e. The van der Waals surface area contributed by atoms with E-state index in [0.29, 0.717) is 5.92 Å². The first kappa shape index (κ1) is 9.28. The second kappa shape index (κ2) is 3.36. The van der Waals surface area contributed by atoms with E-state index in [9.17, 15) is 0 Å². The Bertz CT molecular complexity index is 558. The second-order valence-corrected chi connectivity index (χ2v) is 4.88. The molecule has 86 valence electrons. The van der Waals surface area contributed by atoms with Gasteiger partial charge in [-0.1, -0.05) is 12.1 Å². The number of benzene rings is 1. The molecule has 0 N–H and O–H groups in total. The van der Waals surface area contributed by atoms with Crippen LogP contribution in [0.4, 0.5) is 0 Å². The van der Waals surface area contributed by atoms with Gasteiger partial charge in [0.05, 0.1) is 0 Å². The standard InChI is InChI=1S/C14H14N2O/c1-2-4-13-12(3-1)15-14(17-13)11-9-16-7-5-10(11)6-8-16/h1-4,9-10H,5-8H2. The van der Waals surface area contributed by atoms with Gasteiger partial charge in [0.2, 0.25) is 5.89 Å². The summed E-state index contributed by atoms with van der Waals surface area (Å²) in [5.74, 6) is 1.47. The number of oxazole rings is 1. The topological polar surface area (TPSA) is 29.3 Å². The lowest BCUT2D eigenvalue weighted by molar-refractivity contribution is 0.249. The van der Waals surface area contributed by atoms with Crippen LogP contribution in [0.15, 0.2) is 34.9 Å². The molecule has 1 aromatic carbocycles. The molecule has 3 nitrogen and oxygen atoms in total. The van der Waals surface area contributed by atoms with Crippen molar-refractivity contribution in [1.29, 1.82) is 0 Å². The Hall–Kier alpha value is -1.77. The van der Waals surface area contributed by atoms with Gasteiger partial charge < -0.3 is 9.32 Å². The normalized spacial score (nSPS) is 20.0. The highest BCUT2D eigenvalue weighted by atomic mass is 16.3. The van der Waals surface area contributed by atoms with E-state index in [1.165, 1.54) is 31.5 Å². The molecule has 0 amide bonds. The maximum absolute atomic E-state index is 5.85. The fraction of sp³-hybridized carbons (Fsp3) is 0.357. The van der Waals surface area contributed by atoms with Crippen LogP contribution < -0.4 is 0 Å². The molecule has 2 bridgehead atoms.